The molecule has 3 aliphatic carbocycles. The van der Waals surface area contributed by atoms with Crippen molar-refractivity contribution in [3.05, 3.63) is 306 Å². The lowest BCUT2D eigenvalue weighted by atomic mass is 9.60. The monoisotopic (exact) mass is 905 g/mol. The first-order valence-corrected chi connectivity index (χ1v) is 26.6. The Morgan fingerprint density at radius 1 is 0.286 bits per heavy atom. The molecule has 1 heterocycles. The molecule has 70 heavy (non-hydrogen) atoms. The normalized spacial score (nSPS) is 14.6. The Bertz CT molecular complexity index is 3910. The van der Waals surface area contributed by atoms with Crippen LogP contribution in [0.25, 0.3) is 60.9 Å². The summed E-state index contributed by atoms with van der Waals surface area (Å²) in [5.74, 6) is 0.0939. The second-order valence-electron chi connectivity index (χ2n) is 19.0. The third kappa shape index (κ3) is 6.03. The molecule has 11 aromatic carbocycles. The lowest BCUT2D eigenvalue weighted by molar-refractivity contribution is 0.760. The highest BCUT2D eigenvalue weighted by Gasteiger charge is 2.50. The molecule has 0 spiro atoms. The predicted molar refractivity (Wildman–Crippen MR) is 295 cm³/mol. The van der Waals surface area contributed by atoms with Crippen LogP contribution in [0.15, 0.2) is 273 Å². The number of rotatable bonds is 8. The summed E-state index contributed by atoms with van der Waals surface area (Å²) in [5.41, 5.74) is 19.7. The maximum atomic E-state index is 2.51. The average molecular weight is 906 g/mol. The number of para-hydroxylation sites is 2. The number of benzene rings is 11. The van der Waals surface area contributed by atoms with E-state index in [2.05, 4.69) is 278 Å². The molecule has 0 N–H and O–H groups in total. The molecule has 2 heteroatoms. The number of hydrogen-bond acceptors (Lipinski definition) is 0. The van der Waals surface area contributed by atoms with E-state index >= 15 is 0 Å². The van der Waals surface area contributed by atoms with Crippen LogP contribution in [-0.4, -0.2) is 12.6 Å². The van der Waals surface area contributed by atoms with Crippen molar-refractivity contribution in [1.82, 2.24) is 4.57 Å². The molecular formula is C68H47NSi. The second kappa shape index (κ2) is 16.3. The summed E-state index contributed by atoms with van der Waals surface area (Å²) in [7, 11) is -3.06. The zero-order valence-corrected chi connectivity index (χ0v) is 39.6. The smallest absolute Gasteiger partial charge is 0.179 e. The van der Waals surface area contributed by atoms with Crippen LogP contribution in [0.4, 0.5) is 0 Å². The van der Waals surface area contributed by atoms with Crippen LogP contribution in [0.3, 0.4) is 0 Å². The van der Waals surface area contributed by atoms with Crippen molar-refractivity contribution in [1.29, 1.82) is 0 Å². The van der Waals surface area contributed by atoms with Gasteiger partial charge >= 0.3 is 0 Å². The van der Waals surface area contributed by atoms with Gasteiger partial charge in [-0.15, -0.1) is 0 Å². The number of aromatic nitrogens is 1. The molecule has 0 saturated heterocycles. The zero-order chi connectivity index (χ0) is 46.2. The highest BCUT2D eigenvalue weighted by molar-refractivity contribution is 7.20. The fourth-order valence-corrected chi connectivity index (χ4v) is 17.8. The van der Waals surface area contributed by atoms with E-state index in [1.807, 2.05) is 0 Å². The SMILES string of the molecule is c1ccc(-c2cccc([Si](c3ccccc3)(c3ccccc3)c3cccc4c3C3c5ccccc5C4c4cccc(-c5ccccc5-c5ccc6c7ccccc7n(-c7ccccc7)c6c5)c43)c2)cc1. The molecular weight excluding hydrogens is 859 g/mol. The highest BCUT2D eigenvalue weighted by atomic mass is 28.3. The summed E-state index contributed by atoms with van der Waals surface area (Å²) >= 11 is 0. The van der Waals surface area contributed by atoms with Crippen LogP contribution in [0.1, 0.15) is 45.2 Å². The van der Waals surface area contributed by atoms with Crippen LogP contribution in [0, 0.1) is 0 Å². The fourth-order valence-electron chi connectivity index (χ4n) is 12.7. The molecule has 0 saturated carbocycles. The topological polar surface area (TPSA) is 4.93 Å². The van der Waals surface area contributed by atoms with Gasteiger partial charge in [0.25, 0.3) is 0 Å². The van der Waals surface area contributed by atoms with Crippen LogP contribution >= 0.6 is 0 Å². The van der Waals surface area contributed by atoms with E-state index in [1.165, 1.54) is 109 Å². The quantitative estimate of drug-likeness (QED) is 0.106. The van der Waals surface area contributed by atoms with Gasteiger partial charge in [-0.3, -0.25) is 0 Å². The number of hydrogen-bond donors (Lipinski definition) is 0. The molecule has 0 radical (unpaired) electrons. The number of nitrogens with zero attached hydrogens (tertiary/aromatic N) is 1. The fraction of sp³-hybridized carbons (Fsp3) is 0.0294. The summed E-state index contributed by atoms with van der Waals surface area (Å²) in [6.07, 6.45) is 0. The lowest BCUT2D eigenvalue weighted by Crippen LogP contribution is -2.75. The van der Waals surface area contributed by atoms with E-state index in [1.54, 1.807) is 0 Å². The summed E-state index contributed by atoms with van der Waals surface area (Å²) in [5, 5.41) is 8.14. The molecule has 1 aromatic heterocycles. The van der Waals surface area contributed by atoms with Gasteiger partial charge in [-0.05, 0) is 112 Å². The van der Waals surface area contributed by atoms with Crippen molar-refractivity contribution < 1.29 is 0 Å². The third-order valence-electron chi connectivity index (χ3n) is 15.5. The Labute approximate surface area is 410 Å². The average Bonchev–Trinajstić information content (AvgIpc) is 3.78. The minimum absolute atomic E-state index is 0.00588. The third-order valence-corrected chi connectivity index (χ3v) is 20.4. The molecule has 328 valence electrons. The van der Waals surface area contributed by atoms with Gasteiger partial charge < -0.3 is 4.57 Å². The van der Waals surface area contributed by atoms with Gasteiger partial charge in [-0.2, -0.15) is 0 Å². The molecule has 0 fully saturated rings. The Balaban J connectivity index is 1.03. The summed E-state index contributed by atoms with van der Waals surface area (Å²) in [6, 6.07) is 103. The van der Waals surface area contributed by atoms with Gasteiger partial charge in [0.15, 0.2) is 8.07 Å². The van der Waals surface area contributed by atoms with Gasteiger partial charge in [-0.1, -0.05) is 249 Å². The maximum absolute atomic E-state index is 3.06. The van der Waals surface area contributed by atoms with Crippen molar-refractivity contribution in [3.63, 3.8) is 0 Å². The molecule has 0 amide bonds. The first-order chi connectivity index (χ1) is 34.8. The molecule has 1 nitrogen and oxygen atoms in total. The lowest BCUT2D eigenvalue weighted by Gasteiger charge is -2.47. The van der Waals surface area contributed by atoms with E-state index in [0.29, 0.717) is 0 Å². The molecule has 2 unspecified atom stereocenters. The van der Waals surface area contributed by atoms with Gasteiger partial charge in [0.2, 0.25) is 0 Å². The van der Waals surface area contributed by atoms with E-state index in [0.717, 1.165) is 5.69 Å². The van der Waals surface area contributed by atoms with Gasteiger partial charge in [-0.25, -0.2) is 0 Å². The number of fused-ring (bicyclic) bond motifs is 3. The molecule has 15 rings (SSSR count). The second-order valence-corrected chi connectivity index (χ2v) is 22.8. The largest absolute Gasteiger partial charge is 0.309 e. The Hall–Kier alpha value is -8.56. The van der Waals surface area contributed by atoms with Crippen LogP contribution in [-0.2, 0) is 0 Å². The van der Waals surface area contributed by atoms with Crippen molar-refractivity contribution in [2.45, 2.75) is 11.8 Å². The van der Waals surface area contributed by atoms with Crippen LogP contribution in [0.5, 0.6) is 0 Å². The molecule has 12 aromatic rings. The summed E-state index contributed by atoms with van der Waals surface area (Å²) in [6.45, 7) is 0. The Morgan fingerprint density at radius 3 is 1.54 bits per heavy atom. The van der Waals surface area contributed by atoms with E-state index in [-0.39, 0.29) is 11.8 Å². The maximum Gasteiger partial charge on any atom is 0.179 e. The van der Waals surface area contributed by atoms with Crippen LogP contribution < -0.4 is 20.7 Å². The van der Waals surface area contributed by atoms with Gasteiger partial charge in [0.1, 0.15) is 0 Å². The van der Waals surface area contributed by atoms with Crippen molar-refractivity contribution in [2.24, 2.45) is 0 Å². The molecule has 2 atom stereocenters. The molecule has 0 aliphatic heterocycles. The molecule has 3 aliphatic rings. The van der Waals surface area contributed by atoms with Crippen molar-refractivity contribution >= 4 is 50.6 Å². The van der Waals surface area contributed by atoms with E-state index in [4.69, 9.17) is 0 Å². The van der Waals surface area contributed by atoms with Gasteiger partial charge in [0.05, 0.1) is 11.0 Å². The van der Waals surface area contributed by atoms with Crippen molar-refractivity contribution in [2.75, 3.05) is 0 Å². The Morgan fingerprint density at radius 2 is 0.800 bits per heavy atom. The predicted octanol–water partition coefficient (Wildman–Crippen LogP) is 14.1. The molecule has 2 bridgehead atoms. The van der Waals surface area contributed by atoms with E-state index in [9.17, 15) is 0 Å². The summed E-state index contributed by atoms with van der Waals surface area (Å²) in [4.78, 5) is 0. The minimum Gasteiger partial charge on any atom is -0.309 e. The van der Waals surface area contributed by atoms with Gasteiger partial charge in [0, 0.05) is 28.3 Å². The standard InChI is InChI=1S/C68H47NSi/c1-5-22-46(23-6-1)47-24-19-31-52(44-47)70(50-27-9-3-10-28-50,51-29-11-4-12-30-51)64-41-21-39-61-65-58-35-15-16-36-59(58)68(67(61)64)66-57(37-20-38-60(65)66)54-33-14-13-32-53(54)48-42-43-56-55-34-17-18-40-62(55)69(63(56)45-48)49-25-7-2-8-26-49/h1-45,65,68H. The van der Waals surface area contributed by atoms with Crippen molar-refractivity contribution in [3.8, 4) is 39.1 Å². The first kappa shape index (κ1) is 40.5. The zero-order valence-electron chi connectivity index (χ0n) is 38.6. The first-order valence-electron chi connectivity index (χ1n) is 24.6. The summed E-state index contributed by atoms with van der Waals surface area (Å²) < 4.78 is 2.43. The Kier molecular flexibility index (Phi) is 9.43. The highest BCUT2D eigenvalue weighted by Crippen LogP contribution is 2.58. The van der Waals surface area contributed by atoms with Crippen LogP contribution in [0.2, 0.25) is 0 Å². The van der Waals surface area contributed by atoms with E-state index < -0.39 is 8.07 Å². The minimum atomic E-state index is -3.06.